The molecule has 0 bridgehead atoms. The Labute approximate surface area is 314 Å². The molecule has 0 aliphatic carbocycles. The van der Waals surface area contributed by atoms with Crippen molar-refractivity contribution in [3.05, 3.63) is 207 Å². The first-order chi connectivity index (χ1) is 26.8. The van der Waals surface area contributed by atoms with Crippen molar-refractivity contribution in [1.82, 2.24) is 9.55 Å². The predicted octanol–water partition coefficient (Wildman–Crippen LogP) is 13.4. The van der Waals surface area contributed by atoms with Crippen molar-refractivity contribution >= 4 is 56.5 Å². The molecular weight excluding hydrogens is 659 g/mol. The second kappa shape index (κ2) is 13.3. The number of hydrogen-bond acceptors (Lipinski definition) is 4. The molecule has 1 aliphatic heterocycles. The highest BCUT2D eigenvalue weighted by Crippen LogP contribution is 2.53. The van der Waals surface area contributed by atoms with Gasteiger partial charge < -0.3 is 10.2 Å². The van der Waals surface area contributed by atoms with Crippen LogP contribution in [0.5, 0.6) is 0 Å². The van der Waals surface area contributed by atoms with Crippen LogP contribution < -0.4 is 15.1 Å². The van der Waals surface area contributed by atoms with Gasteiger partial charge in [0.05, 0.1) is 22.6 Å². The Morgan fingerprint density at radius 3 is 1.80 bits per heavy atom. The molecule has 10 rings (SSSR count). The standard InChI is InChI=1S/C49H35N5/c1-4-13-35(14-5-1)36-23-26-41(27-24-36)52(42-29-31-50-32-30-42)43-20-12-15-37(33-43)38-25-28-45-47(34-38)54(40-18-8-3-9-19-40)49-48(51-45)44-21-10-11-22-46(44)53(49)39-16-6-2-7-17-39/h1-34,51H. The second-order valence-corrected chi connectivity index (χ2v) is 13.4. The van der Waals surface area contributed by atoms with E-state index in [1.54, 1.807) is 0 Å². The molecule has 0 fully saturated rings. The molecule has 0 atom stereocenters. The molecular formula is C49H35N5. The number of aromatic nitrogens is 2. The largest absolute Gasteiger partial charge is 0.350 e. The van der Waals surface area contributed by atoms with Crippen LogP contribution in [-0.2, 0) is 0 Å². The Morgan fingerprint density at radius 1 is 0.444 bits per heavy atom. The van der Waals surface area contributed by atoms with Crippen molar-refractivity contribution in [1.29, 1.82) is 0 Å². The summed E-state index contributed by atoms with van der Waals surface area (Å²) in [7, 11) is 0. The molecule has 5 nitrogen and oxygen atoms in total. The molecule has 7 aromatic carbocycles. The normalized spacial score (nSPS) is 11.8. The lowest BCUT2D eigenvalue weighted by Gasteiger charge is -2.34. The molecule has 5 heteroatoms. The molecule has 54 heavy (non-hydrogen) atoms. The third-order valence-electron chi connectivity index (χ3n) is 10.2. The first kappa shape index (κ1) is 31.4. The van der Waals surface area contributed by atoms with Gasteiger partial charge >= 0.3 is 0 Å². The van der Waals surface area contributed by atoms with Crippen LogP contribution in [0, 0.1) is 0 Å². The minimum Gasteiger partial charge on any atom is -0.350 e. The van der Waals surface area contributed by atoms with Crippen molar-refractivity contribution in [2.75, 3.05) is 15.1 Å². The molecule has 0 spiro atoms. The van der Waals surface area contributed by atoms with Gasteiger partial charge in [-0.05, 0) is 101 Å². The molecule has 256 valence electrons. The van der Waals surface area contributed by atoms with Gasteiger partial charge in [0.15, 0.2) is 0 Å². The summed E-state index contributed by atoms with van der Waals surface area (Å²) in [5.74, 6) is 1.08. The van der Waals surface area contributed by atoms with Gasteiger partial charge in [-0.25, -0.2) is 0 Å². The average molecular weight is 694 g/mol. The van der Waals surface area contributed by atoms with Gasteiger partial charge in [-0.3, -0.25) is 14.5 Å². The number of para-hydroxylation sites is 3. The van der Waals surface area contributed by atoms with E-state index in [1.165, 1.54) is 16.5 Å². The van der Waals surface area contributed by atoms with Gasteiger partial charge in [0, 0.05) is 46.2 Å². The molecule has 0 amide bonds. The summed E-state index contributed by atoms with van der Waals surface area (Å²) < 4.78 is 2.37. The summed E-state index contributed by atoms with van der Waals surface area (Å²) in [4.78, 5) is 9.02. The predicted molar refractivity (Wildman–Crippen MR) is 225 cm³/mol. The Morgan fingerprint density at radius 2 is 1.04 bits per heavy atom. The smallest absolute Gasteiger partial charge is 0.147 e. The summed E-state index contributed by atoms with van der Waals surface area (Å²) in [6.07, 6.45) is 3.70. The highest BCUT2D eigenvalue weighted by Gasteiger charge is 2.31. The molecule has 3 heterocycles. The fourth-order valence-electron chi connectivity index (χ4n) is 7.69. The van der Waals surface area contributed by atoms with Crippen molar-refractivity contribution in [2.45, 2.75) is 0 Å². The molecule has 1 N–H and O–H groups in total. The first-order valence-corrected chi connectivity index (χ1v) is 18.2. The van der Waals surface area contributed by atoms with Gasteiger partial charge in [0.1, 0.15) is 5.82 Å². The Bertz CT molecular complexity index is 2730. The summed E-state index contributed by atoms with van der Waals surface area (Å²) in [6.45, 7) is 0. The number of rotatable bonds is 7. The minimum absolute atomic E-state index is 1.04. The van der Waals surface area contributed by atoms with Crippen molar-refractivity contribution in [3.63, 3.8) is 0 Å². The monoisotopic (exact) mass is 693 g/mol. The zero-order valence-electron chi connectivity index (χ0n) is 29.4. The third kappa shape index (κ3) is 5.47. The van der Waals surface area contributed by atoms with E-state index in [9.17, 15) is 0 Å². The van der Waals surface area contributed by atoms with E-state index in [0.717, 1.165) is 68.0 Å². The van der Waals surface area contributed by atoms with E-state index in [1.807, 2.05) is 12.4 Å². The molecule has 2 aromatic heterocycles. The molecule has 0 saturated carbocycles. The minimum atomic E-state index is 1.04. The lowest BCUT2D eigenvalue weighted by molar-refractivity contribution is 1.07. The highest BCUT2D eigenvalue weighted by atomic mass is 15.3. The van der Waals surface area contributed by atoms with E-state index in [4.69, 9.17) is 0 Å². The summed E-state index contributed by atoms with van der Waals surface area (Å²) >= 11 is 0. The molecule has 0 radical (unpaired) electrons. The number of fused-ring (bicyclic) bond motifs is 4. The topological polar surface area (TPSA) is 36.3 Å². The van der Waals surface area contributed by atoms with E-state index in [2.05, 4.69) is 219 Å². The number of benzene rings is 7. The van der Waals surface area contributed by atoms with E-state index >= 15 is 0 Å². The average Bonchev–Trinajstić information content (AvgIpc) is 3.58. The van der Waals surface area contributed by atoms with Crippen LogP contribution in [0.3, 0.4) is 0 Å². The zero-order valence-corrected chi connectivity index (χ0v) is 29.4. The van der Waals surface area contributed by atoms with E-state index in [-0.39, 0.29) is 0 Å². The lowest BCUT2D eigenvalue weighted by Crippen LogP contribution is -2.20. The van der Waals surface area contributed by atoms with Crippen LogP contribution in [0.15, 0.2) is 207 Å². The van der Waals surface area contributed by atoms with Gasteiger partial charge in [-0.1, -0.05) is 115 Å². The number of nitrogens with one attached hydrogen (secondary N) is 1. The summed E-state index contributed by atoms with van der Waals surface area (Å²) in [5.41, 5.74) is 14.4. The van der Waals surface area contributed by atoms with Crippen molar-refractivity contribution < 1.29 is 0 Å². The lowest BCUT2D eigenvalue weighted by atomic mass is 10.0. The Kier molecular flexibility index (Phi) is 7.73. The van der Waals surface area contributed by atoms with Gasteiger partial charge in [-0.15, -0.1) is 0 Å². The van der Waals surface area contributed by atoms with Crippen molar-refractivity contribution in [2.24, 2.45) is 0 Å². The number of pyridine rings is 1. The van der Waals surface area contributed by atoms with E-state index < -0.39 is 0 Å². The fraction of sp³-hybridized carbons (Fsp3) is 0. The fourth-order valence-corrected chi connectivity index (χ4v) is 7.69. The molecule has 9 aromatic rings. The van der Waals surface area contributed by atoms with Crippen molar-refractivity contribution in [3.8, 4) is 27.9 Å². The SMILES string of the molecule is c1ccc(-c2ccc(N(c3ccncc3)c3cccc(-c4ccc5c(c4)N(c4ccccc4)c4c(c6ccccc6n4-c4ccccc4)N5)c3)cc2)cc1. The molecule has 0 saturated heterocycles. The van der Waals surface area contributed by atoms with Gasteiger partial charge in [0.2, 0.25) is 0 Å². The van der Waals surface area contributed by atoms with E-state index in [0.29, 0.717) is 0 Å². The maximum Gasteiger partial charge on any atom is 0.147 e. The van der Waals surface area contributed by atoms with Crippen LogP contribution in [0.25, 0.3) is 38.8 Å². The molecule has 0 unspecified atom stereocenters. The van der Waals surface area contributed by atoms with Crippen LogP contribution in [0.2, 0.25) is 0 Å². The van der Waals surface area contributed by atoms with Gasteiger partial charge in [-0.2, -0.15) is 0 Å². The first-order valence-electron chi connectivity index (χ1n) is 18.2. The molecule has 1 aliphatic rings. The quantitative estimate of drug-likeness (QED) is 0.180. The number of nitrogens with zero attached hydrogens (tertiary/aromatic N) is 4. The summed E-state index contributed by atoms with van der Waals surface area (Å²) in [6, 6.07) is 68.9. The maximum atomic E-state index is 4.32. The third-order valence-corrected chi connectivity index (χ3v) is 10.2. The zero-order chi connectivity index (χ0) is 35.8. The Balaban J connectivity index is 1.10. The van der Waals surface area contributed by atoms with Crippen LogP contribution in [0.4, 0.5) is 45.6 Å². The maximum absolute atomic E-state index is 4.32. The van der Waals surface area contributed by atoms with Crippen LogP contribution >= 0.6 is 0 Å². The van der Waals surface area contributed by atoms with Crippen LogP contribution in [-0.4, -0.2) is 9.55 Å². The number of anilines is 8. The highest BCUT2D eigenvalue weighted by molar-refractivity contribution is 6.10. The Hall–Kier alpha value is -7.37. The second-order valence-electron chi connectivity index (χ2n) is 13.4. The summed E-state index contributed by atoms with van der Waals surface area (Å²) in [5, 5.41) is 5.04. The number of hydrogen-bond donors (Lipinski definition) is 1. The van der Waals surface area contributed by atoms with Crippen LogP contribution in [0.1, 0.15) is 0 Å². The van der Waals surface area contributed by atoms with Gasteiger partial charge in [0.25, 0.3) is 0 Å².